The number of nitrogens with one attached hydrogen (secondary N) is 1. The summed E-state index contributed by atoms with van der Waals surface area (Å²) in [6.07, 6.45) is 0. The quantitative estimate of drug-likeness (QED) is 0.353. The third kappa shape index (κ3) is 4.46. The van der Waals surface area contributed by atoms with Gasteiger partial charge in [0.15, 0.2) is 0 Å². The van der Waals surface area contributed by atoms with Crippen LogP contribution in [0.1, 0.15) is 5.56 Å². The number of halogens is 2. The molecule has 0 amide bonds. The third-order valence-corrected chi connectivity index (χ3v) is 6.76. The summed E-state index contributed by atoms with van der Waals surface area (Å²) < 4.78 is 50.8. The van der Waals surface area contributed by atoms with E-state index in [9.17, 15) is 12.8 Å². The fourth-order valence-corrected chi connectivity index (χ4v) is 4.48. The number of rotatable bonds is 7. The summed E-state index contributed by atoms with van der Waals surface area (Å²) in [5.41, 5.74) is 1.31. The fraction of sp³-hybridized carbons (Fsp3) is 0.0870. The molecule has 164 valence electrons. The lowest BCUT2D eigenvalue weighted by Gasteiger charge is -2.07. The summed E-state index contributed by atoms with van der Waals surface area (Å²) in [5.74, 6) is 0.159. The molecule has 0 unspecified atom stereocenters. The molecule has 1 heterocycles. The van der Waals surface area contributed by atoms with Gasteiger partial charge in [-0.1, -0.05) is 29.8 Å². The number of sulfone groups is 1. The highest BCUT2D eigenvalue weighted by Crippen LogP contribution is 2.33. The van der Waals surface area contributed by atoms with Gasteiger partial charge in [0.25, 0.3) is 0 Å². The molecule has 6 nitrogen and oxygen atoms in total. The van der Waals surface area contributed by atoms with Gasteiger partial charge in [-0.25, -0.2) is 12.8 Å². The van der Waals surface area contributed by atoms with E-state index in [0.717, 1.165) is 17.7 Å². The van der Waals surface area contributed by atoms with Crippen molar-refractivity contribution in [3.63, 3.8) is 0 Å². The summed E-state index contributed by atoms with van der Waals surface area (Å²) in [4.78, 5) is 4.15. The Kier molecular flexibility index (Phi) is 6.16. The Bertz CT molecular complexity index is 1340. The van der Waals surface area contributed by atoms with E-state index in [1.165, 1.54) is 12.1 Å². The topological polar surface area (TPSA) is 81.4 Å². The van der Waals surface area contributed by atoms with Gasteiger partial charge in [-0.15, -0.1) is 0 Å². The Morgan fingerprint density at radius 2 is 1.72 bits per heavy atom. The summed E-state index contributed by atoms with van der Waals surface area (Å²) in [6.45, 7) is 0.211. The molecule has 3 aromatic carbocycles. The first-order chi connectivity index (χ1) is 15.4. The zero-order valence-electron chi connectivity index (χ0n) is 16.9. The highest BCUT2D eigenvalue weighted by molar-refractivity contribution is 7.91. The van der Waals surface area contributed by atoms with Gasteiger partial charge in [-0.3, -0.25) is 0 Å². The fourth-order valence-electron chi connectivity index (χ4n) is 3.00. The molecular formula is C23H18ClFN2O4S. The van der Waals surface area contributed by atoms with Crippen molar-refractivity contribution < 1.29 is 22.0 Å². The van der Waals surface area contributed by atoms with Crippen molar-refractivity contribution in [1.29, 1.82) is 0 Å². The molecule has 1 N–H and O–H groups in total. The second kappa shape index (κ2) is 9.02. The molecule has 0 spiro atoms. The SMILES string of the molecule is COc1ccc(-c2nc(S(=O)(=O)c3ccc(F)cc3)c(NCc3ccccc3Cl)o2)cc1. The molecule has 0 saturated carbocycles. The van der Waals surface area contributed by atoms with E-state index < -0.39 is 15.7 Å². The molecule has 0 bridgehead atoms. The zero-order valence-corrected chi connectivity index (χ0v) is 18.5. The highest BCUT2D eigenvalue weighted by atomic mass is 35.5. The Morgan fingerprint density at radius 1 is 1.03 bits per heavy atom. The maximum atomic E-state index is 13.3. The van der Waals surface area contributed by atoms with E-state index in [2.05, 4.69) is 10.3 Å². The molecule has 32 heavy (non-hydrogen) atoms. The van der Waals surface area contributed by atoms with Crippen LogP contribution in [0.5, 0.6) is 5.75 Å². The van der Waals surface area contributed by atoms with Crippen LogP contribution in [0.15, 0.2) is 87.1 Å². The Labute approximate surface area is 189 Å². The van der Waals surface area contributed by atoms with Crippen molar-refractivity contribution in [3.05, 3.63) is 89.2 Å². The van der Waals surface area contributed by atoms with Crippen LogP contribution in [-0.4, -0.2) is 20.5 Å². The van der Waals surface area contributed by atoms with E-state index in [0.29, 0.717) is 16.3 Å². The first kappa shape index (κ1) is 21.9. The van der Waals surface area contributed by atoms with Gasteiger partial charge in [0.2, 0.25) is 26.6 Å². The van der Waals surface area contributed by atoms with Crippen LogP contribution in [0.4, 0.5) is 10.3 Å². The van der Waals surface area contributed by atoms with E-state index in [1.54, 1.807) is 43.5 Å². The predicted octanol–water partition coefficient (Wildman–Crippen LogP) is 5.59. The first-order valence-electron chi connectivity index (χ1n) is 9.51. The molecule has 0 fully saturated rings. The van der Waals surface area contributed by atoms with E-state index in [4.69, 9.17) is 20.8 Å². The molecule has 4 aromatic rings. The second-order valence-electron chi connectivity index (χ2n) is 6.78. The Morgan fingerprint density at radius 3 is 2.38 bits per heavy atom. The van der Waals surface area contributed by atoms with Gasteiger partial charge in [0, 0.05) is 17.1 Å². The van der Waals surface area contributed by atoms with Crippen LogP contribution in [0, 0.1) is 5.82 Å². The number of oxazole rings is 1. The zero-order chi connectivity index (χ0) is 22.7. The lowest BCUT2D eigenvalue weighted by molar-refractivity contribution is 0.415. The summed E-state index contributed by atoms with van der Waals surface area (Å²) in [6, 6.07) is 18.5. The average Bonchev–Trinajstić information content (AvgIpc) is 3.24. The van der Waals surface area contributed by atoms with Gasteiger partial charge in [0.1, 0.15) is 11.6 Å². The molecule has 9 heteroatoms. The summed E-state index contributed by atoms with van der Waals surface area (Å²) >= 11 is 6.21. The van der Waals surface area contributed by atoms with E-state index in [1.807, 2.05) is 12.1 Å². The number of methoxy groups -OCH3 is 1. The van der Waals surface area contributed by atoms with Gasteiger partial charge in [-0.2, -0.15) is 4.98 Å². The maximum Gasteiger partial charge on any atom is 0.234 e. The number of nitrogens with zero attached hydrogens (tertiary/aromatic N) is 1. The lowest BCUT2D eigenvalue weighted by Crippen LogP contribution is -2.07. The van der Waals surface area contributed by atoms with Crippen molar-refractivity contribution in [1.82, 2.24) is 4.98 Å². The maximum absolute atomic E-state index is 13.3. The van der Waals surface area contributed by atoms with Crippen molar-refractivity contribution >= 4 is 27.3 Å². The van der Waals surface area contributed by atoms with Gasteiger partial charge < -0.3 is 14.5 Å². The number of aromatic nitrogens is 1. The summed E-state index contributed by atoms with van der Waals surface area (Å²) in [5, 5.41) is 3.20. The third-order valence-electron chi connectivity index (χ3n) is 4.71. The number of benzene rings is 3. The molecule has 0 radical (unpaired) electrons. The monoisotopic (exact) mass is 472 g/mol. The molecule has 4 rings (SSSR count). The average molecular weight is 473 g/mol. The van der Waals surface area contributed by atoms with Crippen molar-refractivity contribution in [2.45, 2.75) is 16.5 Å². The number of hydrogen-bond acceptors (Lipinski definition) is 6. The van der Waals surface area contributed by atoms with Crippen LogP contribution in [0.2, 0.25) is 5.02 Å². The molecule has 0 atom stereocenters. The minimum Gasteiger partial charge on any atom is -0.497 e. The molecular weight excluding hydrogens is 455 g/mol. The lowest BCUT2D eigenvalue weighted by atomic mass is 10.2. The molecule has 1 aromatic heterocycles. The van der Waals surface area contributed by atoms with Crippen LogP contribution in [0.25, 0.3) is 11.5 Å². The largest absolute Gasteiger partial charge is 0.497 e. The normalized spacial score (nSPS) is 11.3. The Hall–Kier alpha value is -3.36. The highest BCUT2D eigenvalue weighted by Gasteiger charge is 2.28. The van der Waals surface area contributed by atoms with Gasteiger partial charge in [-0.05, 0) is 60.2 Å². The molecule has 0 aliphatic heterocycles. The molecule has 0 aliphatic rings. The van der Waals surface area contributed by atoms with Crippen LogP contribution in [-0.2, 0) is 16.4 Å². The number of hydrogen-bond donors (Lipinski definition) is 1. The van der Waals surface area contributed by atoms with Crippen molar-refractivity contribution in [3.8, 4) is 17.2 Å². The number of ether oxygens (including phenoxy) is 1. The van der Waals surface area contributed by atoms with Gasteiger partial charge >= 0.3 is 0 Å². The van der Waals surface area contributed by atoms with Crippen LogP contribution < -0.4 is 10.1 Å². The van der Waals surface area contributed by atoms with Gasteiger partial charge in [0.05, 0.1) is 12.0 Å². The Balaban J connectivity index is 1.76. The molecule has 0 saturated heterocycles. The van der Waals surface area contributed by atoms with Crippen LogP contribution >= 0.6 is 11.6 Å². The smallest absolute Gasteiger partial charge is 0.234 e. The predicted molar refractivity (Wildman–Crippen MR) is 119 cm³/mol. The standard InChI is InChI=1S/C23H18ClFN2O4S/c1-30-18-10-6-15(7-11-18)21-27-23(32(28,29)19-12-8-17(25)9-13-19)22(31-21)26-14-16-4-2-3-5-20(16)24/h2-13,26H,14H2,1H3. The number of anilines is 1. The van der Waals surface area contributed by atoms with Crippen molar-refractivity contribution in [2.75, 3.05) is 12.4 Å². The van der Waals surface area contributed by atoms with Crippen LogP contribution in [0.3, 0.4) is 0 Å². The van der Waals surface area contributed by atoms with E-state index >= 15 is 0 Å². The first-order valence-corrected chi connectivity index (χ1v) is 11.4. The minimum absolute atomic E-state index is 0.0416. The van der Waals surface area contributed by atoms with E-state index in [-0.39, 0.29) is 28.2 Å². The second-order valence-corrected chi connectivity index (χ2v) is 9.06. The minimum atomic E-state index is -4.09. The summed E-state index contributed by atoms with van der Waals surface area (Å²) in [7, 11) is -2.55. The molecule has 0 aliphatic carbocycles. The van der Waals surface area contributed by atoms with Crippen molar-refractivity contribution in [2.24, 2.45) is 0 Å².